The van der Waals surface area contributed by atoms with Gasteiger partial charge in [0, 0.05) is 24.5 Å². The number of carbonyl (C=O) groups is 1. The highest BCUT2D eigenvalue weighted by molar-refractivity contribution is 8.00. The number of likely N-dealkylation sites (tertiary alicyclic amines) is 1. The minimum absolute atomic E-state index is 0.0169. The van der Waals surface area contributed by atoms with Gasteiger partial charge in [0.1, 0.15) is 0 Å². The second kappa shape index (κ2) is 10.1. The van der Waals surface area contributed by atoms with E-state index in [1.807, 2.05) is 65.6 Å². The number of benzene rings is 2. The number of hydrogen-bond donors (Lipinski definition) is 1. The van der Waals surface area contributed by atoms with Crippen LogP contribution in [0, 0.1) is 5.92 Å². The Balaban J connectivity index is 1.46. The molecule has 0 aliphatic carbocycles. The highest BCUT2D eigenvalue weighted by Gasteiger charge is 2.25. The summed E-state index contributed by atoms with van der Waals surface area (Å²) in [5.41, 5.74) is 0.772. The molecular weight excluding hydrogens is 392 g/mol. The van der Waals surface area contributed by atoms with Crippen LogP contribution in [-0.4, -0.2) is 44.6 Å². The zero-order valence-corrected chi connectivity index (χ0v) is 17.4. The van der Waals surface area contributed by atoms with Crippen LogP contribution in [0.5, 0.6) is 0 Å². The number of nitrogens with one attached hydrogen (secondary N) is 1. The lowest BCUT2D eigenvalue weighted by Gasteiger charge is -2.32. The molecule has 0 aromatic heterocycles. The van der Waals surface area contributed by atoms with Gasteiger partial charge in [0.15, 0.2) is 0 Å². The van der Waals surface area contributed by atoms with E-state index in [0.717, 1.165) is 29.8 Å². The second-order valence-corrected chi connectivity index (χ2v) is 9.90. The van der Waals surface area contributed by atoms with Crippen molar-refractivity contribution in [1.29, 1.82) is 0 Å². The first-order chi connectivity index (χ1) is 13.5. The first-order valence-corrected chi connectivity index (χ1v) is 12.1. The number of rotatable bonds is 8. The molecule has 1 N–H and O–H groups in total. The van der Waals surface area contributed by atoms with E-state index >= 15 is 0 Å². The average Bonchev–Trinajstić information content (AvgIpc) is 2.72. The van der Waals surface area contributed by atoms with Crippen LogP contribution < -0.4 is 4.72 Å². The van der Waals surface area contributed by atoms with Crippen LogP contribution in [0.15, 0.2) is 65.6 Å². The maximum atomic E-state index is 12.5. The van der Waals surface area contributed by atoms with E-state index in [9.17, 15) is 13.2 Å². The fourth-order valence-corrected chi connectivity index (χ4v) is 5.35. The van der Waals surface area contributed by atoms with Crippen molar-refractivity contribution in [2.24, 2.45) is 5.92 Å². The summed E-state index contributed by atoms with van der Waals surface area (Å²) in [5, 5.41) is 0. The molecule has 0 unspecified atom stereocenters. The Hall–Kier alpha value is -1.83. The third-order valence-corrected chi connectivity index (χ3v) is 7.09. The van der Waals surface area contributed by atoms with E-state index in [0.29, 0.717) is 18.8 Å². The molecule has 1 heterocycles. The van der Waals surface area contributed by atoms with Crippen LogP contribution in [0.2, 0.25) is 0 Å². The van der Waals surface area contributed by atoms with Gasteiger partial charge in [-0.2, -0.15) is 0 Å². The number of amides is 1. The Labute approximate surface area is 171 Å². The number of piperidine rings is 1. The average molecular weight is 419 g/mol. The maximum absolute atomic E-state index is 12.5. The van der Waals surface area contributed by atoms with E-state index < -0.39 is 10.0 Å². The lowest BCUT2D eigenvalue weighted by molar-refractivity contribution is -0.130. The quantitative estimate of drug-likeness (QED) is 0.669. The highest BCUT2D eigenvalue weighted by atomic mass is 32.2. The minimum Gasteiger partial charge on any atom is -0.342 e. The Kier molecular flexibility index (Phi) is 7.53. The molecular formula is C21H26N2O3S2. The van der Waals surface area contributed by atoms with E-state index in [1.54, 1.807) is 0 Å². The van der Waals surface area contributed by atoms with Gasteiger partial charge in [-0.3, -0.25) is 4.79 Å². The Morgan fingerprint density at radius 2 is 1.75 bits per heavy atom. The van der Waals surface area contributed by atoms with E-state index in [4.69, 9.17) is 0 Å². The molecule has 2 aromatic rings. The van der Waals surface area contributed by atoms with Gasteiger partial charge in [-0.25, -0.2) is 13.1 Å². The molecule has 3 rings (SSSR count). The Bertz CT molecular complexity index is 858. The van der Waals surface area contributed by atoms with Crippen molar-refractivity contribution in [3.8, 4) is 0 Å². The van der Waals surface area contributed by atoms with Crippen molar-refractivity contribution in [3.05, 3.63) is 66.2 Å². The molecule has 1 atom stereocenters. The third kappa shape index (κ3) is 6.65. The summed E-state index contributed by atoms with van der Waals surface area (Å²) in [6.07, 6.45) is 1.84. The third-order valence-electron chi connectivity index (χ3n) is 4.77. The number of sulfonamides is 1. The fourth-order valence-electron chi connectivity index (χ4n) is 3.30. The zero-order chi connectivity index (χ0) is 19.8. The number of carbonyl (C=O) groups excluding carboxylic acids is 1. The maximum Gasteiger partial charge on any atom is 0.232 e. The first-order valence-electron chi connectivity index (χ1n) is 9.49. The lowest BCUT2D eigenvalue weighted by Crippen LogP contribution is -2.44. The Morgan fingerprint density at radius 3 is 2.46 bits per heavy atom. The monoisotopic (exact) mass is 418 g/mol. The summed E-state index contributed by atoms with van der Waals surface area (Å²) >= 11 is 1.54. The van der Waals surface area contributed by atoms with Crippen LogP contribution in [0.1, 0.15) is 18.4 Å². The van der Waals surface area contributed by atoms with Gasteiger partial charge >= 0.3 is 0 Å². The van der Waals surface area contributed by atoms with Crippen molar-refractivity contribution in [1.82, 2.24) is 9.62 Å². The summed E-state index contributed by atoms with van der Waals surface area (Å²) in [4.78, 5) is 15.5. The highest BCUT2D eigenvalue weighted by Crippen LogP contribution is 2.21. The van der Waals surface area contributed by atoms with Crippen molar-refractivity contribution in [3.63, 3.8) is 0 Å². The number of thioether (sulfide) groups is 1. The molecule has 1 fully saturated rings. The van der Waals surface area contributed by atoms with Crippen LogP contribution in [-0.2, 0) is 20.6 Å². The smallest absolute Gasteiger partial charge is 0.232 e. The van der Waals surface area contributed by atoms with Crippen molar-refractivity contribution in [2.75, 3.05) is 25.4 Å². The van der Waals surface area contributed by atoms with E-state index in [1.165, 1.54) is 11.8 Å². The van der Waals surface area contributed by atoms with Gasteiger partial charge in [0.25, 0.3) is 0 Å². The molecule has 1 amide bonds. The molecule has 0 bridgehead atoms. The molecule has 28 heavy (non-hydrogen) atoms. The predicted molar refractivity (Wildman–Crippen MR) is 114 cm³/mol. The first kappa shape index (κ1) is 20.9. The van der Waals surface area contributed by atoms with Crippen molar-refractivity contribution in [2.45, 2.75) is 23.5 Å². The molecule has 0 saturated carbocycles. The Morgan fingerprint density at radius 1 is 1.07 bits per heavy atom. The molecule has 1 aliphatic heterocycles. The SMILES string of the molecule is O=C(CSc1ccccc1)N1CCC[C@@H](CNS(=O)(=O)Cc2ccccc2)C1. The number of hydrogen-bond acceptors (Lipinski definition) is 4. The lowest BCUT2D eigenvalue weighted by atomic mass is 9.98. The molecule has 150 valence electrons. The van der Waals surface area contributed by atoms with Gasteiger partial charge in [-0.05, 0) is 36.5 Å². The van der Waals surface area contributed by atoms with E-state index in [2.05, 4.69) is 4.72 Å². The number of nitrogens with zero attached hydrogens (tertiary/aromatic N) is 1. The summed E-state index contributed by atoms with van der Waals surface area (Å²) in [5.74, 6) is 0.670. The zero-order valence-electron chi connectivity index (χ0n) is 15.8. The van der Waals surface area contributed by atoms with E-state index in [-0.39, 0.29) is 17.6 Å². The molecule has 5 nitrogen and oxygen atoms in total. The van der Waals surface area contributed by atoms with Gasteiger partial charge in [-0.1, -0.05) is 48.5 Å². The molecule has 0 spiro atoms. The second-order valence-electron chi connectivity index (χ2n) is 7.04. The summed E-state index contributed by atoms with van der Waals surface area (Å²) in [6.45, 7) is 1.74. The van der Waals surface area contributed by atoms with Gasteiger partial charge < -0.3 is 4.90 Å². The topological polar surface area (TPSA) is 66.5 Å². The fraction of sp³-hybridized carbons (Fsp3) is 0.381. The predicted octanol–water partition coefficient (Wildman–Crippen LogP) is 3.14. The summed E-state index contributed by atoms with van der Waals surface area (Å²) < 4.78 is 27.4. The molecule has 2 aromatic carbocycles. The molecule has 0 radical (unpaired) electrons. The standard InChI is InChI=1S/C21H26N2O3S2/c24-21(16-27-20-11-5-2-6-12-20)23-13-7-10-19(15-23)14-22-28(25,26)17-18-8-3-1-4-9-18/h1-6,8-9,11-12,19,22H,7,10,13-17H2/t19-/m0/s1. The molecule has 1 saturated heterocycles. The van der Waals surface area contributed by atoms with Gasteiger partial charge in [-0.15, -0.1) is 11.8 Å². The largest absolute Gasteiger partial charge is 0.342 e. The van der Waals surface area contributed by atoms with Crippen LogP contribution in [0.4, 0.5) is 0 Å². The van der Waals surface area contributed by atoms with Crippen LogP contribution in [0.25, 0.3) is 0 Å². The van der Waals surface area contributed by atoms with Gasteiger partial charge in [0.05, 0.1) is 11.5 Å². The molecule has 7 heteroatoms. The van der Waals surface area contributed by atoms with Crippen molar-refractivity contribution < 1.29 is 13.2 Å². The molecule has 1 aliphatic rings. The van der Waals surface area contributed by atoms with Crippen LogP contribution in [0.3, 0.4) is 0 Å². The summed E-state index contributed by atoms with van der Waals surface area (Å²) in [7, 11) is -3.38. The normalized spacial score (nSPS) is 17.4. The van der Waals surface area contributed by atoms with Crippen molar-refractivity contribution >= 4 is 27.7 Å². The summed E-state index contributed by atoms with van der Waals surface area (Å²) in [6, 6.07) is 19.0. The van der Waals surface area contributed by atoms with Gasteiger partial charge in [0.2, 0.25) is 15.9 Å². The minimum atomic E-state index is -3.38. The van der Waals surface area contributed by atoms with Crippen LogP contribution >= 0.6 is 11.8 Å².